The van der Waals surface area contributed by atoms with Crippen molar-refractivity contribution in [1.82, 2.24) is 10.6 Å². The van der Waals surface area contributed by atoms with Gasteiger partial charge in [0.05, 0.1) is 0 Å². The molecule has 1 rings (SSSR count). The molecule has 6 N–H and O–H groups in total. The molecular weight excluding hydrogens is 220 g/mol. The zero-order valence-corrected chi connectivity index (χ0v) is 10.1. The summed E-state index contributed by atoms with van der Waals surface area (Å²) in [4.78, 5) is 21.9. The molecular formula is C11H22N4O2. The largest absolute Gasteiger partial charge is 0.354 e. The molecule has 0 aromatic heterocycles. The Labute approximate surface area is 101 Å². The minimum absolute atomic E-state index is 0.0235. The van der Waals surface area contributed by atoms with Crippen LogP contribution in [0.25, 0.3) is 0 Å². The SMILES string of the molecule is NC(=O)NCCNC(=O)CC1CCCC(N)C1. The second kappa shape index (κ2) is 7.11. The van der Waals surface area contributed by atoms with E-state index in [-0.39, 0.29) is 11.9 Å². The van der Waals surface area contributed by atoms with Crippen molar-refractivity contribution in [3.63, 3.8) is 0 Å². The predicted molar refractivity (Wildman–Crippen MR) is 65.1 cm³/mol. The van der Waals surface area contributed by atoms with Crippen molar-refractivity contribution in [2.45, 2.75) is 38.1 Å². The topological polar surface area (TPSA) is 110 Å². The Kier molecular flexibility index (Phi) is 5.76. The van der Waals surface area contributed by atoms with Gasteiger partial charge in [-0.05, 0) is 25.2 Å². The summed E-state index contributed by atoms with van der Waals surface area (Å²) in [5, 5.41) is 5.17. The highest BCUT2D eigenvalue weighted by Gasteiger charge is 2.21. The van der Waals surface area contributed by atoms with Crippen molar-refractivity contribution < 1.29 is 9.59 Å². The van der Waals surface area contributed by atoms with Gasteiger partial charge in [-0.2, -0.15) is 0 Å². The van der Waals surface area contributed by atoms with Gasteiger partial charge in [-0.3, -0.25) is 4.79 Å². The quantitative estimate of drug-likeness (QED) is 0.496. The van der Waals surface area contributed by atoms with E-state index in [4.69, 9.17) is 11.5 Å². The summed E-state index contributed by atoms with van der Waals surface area (Å²) in [6.07, 6.45) is 4.74. The molecule has 0 aliphatic heterocycles. The van der Waals surface area contributed by atoms with Crippen LogP contribution >= 0.6 is 0 Å². The summed E-state index contributed by atoms with van der Waals surface area (Å²) >= 11 is 0. The van der Waals surface area contributed by atoms with E-state index in [1.54, 1.807) is 0 Å². The van der Waals surface area contributed by atoms with E-state index in [1.807, 2.05) is 0 Å². The van der Waals surface area contributed by atoms with Gasteiger partial charge in [0.25, 0.3) is 0 Å². The maximum Gasteiger partial charge on any atom is 0.312 e. The standard InChI is InChI=1S/C11H22N4O2/c12-9-3-1-2-8(6-9)7-10(16)14-4-5-15-11(13)17/h8-9H,1-7,12H2,(H,14,16)(H3,13,15,17). The molecule has 98 valence electrons. The van der Waals surface area contributed by atoms with Crippen molar-refractivity contribution >= 4 is 11.9 Å². The van der Waals surface area contributed by atoms with Crippen LogP contribution in [0.4, 0.5) is 4.79 Å². The molecule has 0 heterocycles. The summed E-state index contributed by atoms with van der Waals surface area (Å²) in [6, 6.07) is -0.324. The Morgan fingerprint density at radius 1 is 1.18 bits per heavy atom. The van der Waals surface area contributed by atoms with Gasteiger partial charge in [-0.1, -0.05) is 6.42 Å². The summed E-state index contributed by atoms with van der Waals surface area (Å²) < 4.78 is 0. The number of carbonyl (C=O) groups is 2. The van der Waals surface area contributed by atoms with Crippen LogP contribution in [0.2, 0.25) is 0 Å². The summed E-state index contributed by atoms with van der Waals surface area (Å²) in [5.74, 6) is 0.429. The molecule has 1 saturated carbocycles. The van der Waals surface area contributed by atoms with Gasteiger partial charge < -0.3 is 22.1 Å². The van der Waals surface area contributed by atoms with Crippen LogP contribution in [0.5, 0.6) is 0 Å². The van der Waals surface area contributed by atoms with E-state index in [0.29, 0.717) is 25.4 Å². The van der Waals surface area contributed by atoms with Gasteiger partial charge >= 0.3 is 6.03 Å². The van der Waals surface area contributed by atoms with E-state index in [9.17, 15) is 9.59 Å². The van der Waals surface area contributed by atoms with Crippen LogP contribution in [0.1, 0.15) is 32.1 Å². The zero-order valence-electron chi connectivity index (χ0n) is 10.1. The third kappa shape index (κ3) is 6.11. The van der Waals surface area contributed by atoms with Gasteiger partial charge in [-0.25, -0.2) is 4.79 Å². The molecule has 0 saturated heterocycles. The minimum Gasteiger partial charge on any atom is -0.354 e. The molecule has 3 amide bonds. The fraction of sp³-hybridized carbons (Fsp3) is 0.818. The van der Waals surface area contributed by atoms with E-state index in [1.165, 1.54) is 0 Å². The van der Waals surface area contributed by atoms with Crippen LogP contribution < -0.4 is 22.1 Å². The van der Waals surface area contributed by atoms with E-state index < -0.39 is 6.03 Å². The monoisotopic (exact) mass is 242 g/mol. The number of rotatable bonds is 5. The molecule has 2 atom stereocenters. The Hall–Kier alpha value is -1.30. The van der Waals surface area contributed by atoms with Crippen LogP contribution in [0, 0.1) is 5.92 Å². The Bertz CT molecular complexity index is 270. The van der Waals surface area contributed by atoms with Crippen molar-refractivity contribution in [2.24, 2.45) is 17.4 Å². The van der Waals surface area contributed by atoms with E-state index >= 15 is 0 Å². The van der Waals surface area contributed by atoms with Gasteiger partial charge in [-0.15, -0.1) is 0 Å². The highest BCUT2D eigenvalue weighted by molar-refractivity contribution is 5.76. The molecule has 0 aromatic rings. The molecule has 1 fully saturated rings. The number of amides is 3. The smallest absolute Gasteiger partial charge is 0.312 e. The molecule has 0 radical (unpaired) electrons. The summed E-state index contributed by atoms with van der Waals surface area (Å²) in [7, 11) is 0. The summed E-state index contributed by atoms with van der Waals surface area (Å²) in [6.45, 7) is 0.784. The number of nitrogens with two attached hydrogens (primary N) is 2. The Morgan fingerprint density at radius 2 is 1.88 bits per heavy atom. The average Bonchev–Trinajstić information content (AvgIpc) is 2.24. The fourth-order valence-corrected chi connectivity index (χ4v) is 2.24. The molecule has 1 aliphatic carbocycles. The minimum atomic E-state index is -0.572. The first kappa shape index (κ1) is 13.8. The summed E-state index contributed by atoms with van der Waals surface area (Å²) in [5.41, 5.74) is 10.8. The molecule has 6 nitrogen and oxygen atoms in total. The first-order valence-corrected chi connectivity index (χ1v) is 6.13. The number of hydrogen-bond donors (Lipinski definition) is 4. The lowest BCUT2D eigenvalue weighted by Crippen LogP contribution is -2.38. The highest BCUT2D eigenvalue weighted by Crippen LogP contribution is 2.25. The second-order valence-corrected chi connectivity index (χ2v) is 4.64. The number of carbonyl (C=O) groups excluding carboxylic acids is 2. The molecule has 1 aliphatic rings. The molecule has 2 unspecified atom stereocenters. The van der Waals surface area contributed by atoms with Crippen molar-refractivity contribution in [1.29, 1.82) is 0 Å². The lowest BCUT2D eigenvalue weighted by molar-refractivity contribution is -0.122. The Morgan fingerprint density at radius 3 is 2.53 bits per heavy atom. The van der Waals surface area contributed by atoms with E-state index in [0.717, 1.165) is 25.7 Å². The third-order valence-corrected chi connectivity index (χ3v) is 3.04. The van der Waals surface area contributed by atoms with Gasteiger partial charge in [0.2, 0.25) is 5.91 Å². The highest BCUT2D eigenvalue weighted by atomic mass is 16.2. The van der Waals surface area contributed by atoms with Crippen LogP contribution in [-0.4, -0.2) is 31.1 Å². The molecule has 0 spiro atoms. The van der Waals surface area contributed by atoms with Gasteiger partial charge in [0, 0.05) is 25.6 Å². The van der Waals surface area contributed by atoms with Gasteiger partial charge in [0.1, 0.15) is 0 Å². The van der Waals surface area contributed by atoms with E-state index in [2.05, 4.69) is 10.6 Å². The van der Waals surface area contributed by atoms with Crippen molar-refractivity contribution in [3.05, 3.63) is 0 Å². The number of primary amides is 1. The first-order chi connectivity index (χ1) is 8.08. The Balaban J connectivity index is 2.09. The second-order valence-electron chi connectivity index (χ2n) is 4.64. The molecule has 0 bridgehead atoms. The van der Waals surface area contributed by atoms with Crippen LogP contribution in [0.15, 0.2) is 0 Å². The van der Waals surface area contributed by atoms with Crippen molar-refractivity contribution in [3.8, 4) is 0 Å². The third-order valence-electron chi connectivity index (χ3n) is 3.04. The maximum atomic E-state index is 11.6. The number of hydrogen-bond acceptors (Lipinski definition) is 3. The number of urea groups is 1. The van der Waals surface area contributed by atoms with Crippen molar-refractivity contribution in [2.75, 3.05) is 13.1 Å². The fourth-order valence-electron chi connectivity index (χ4n) is 2.24. The molecule has 17 heavy (non-hydrogen) atoms. The maximum absolute atomic E-state index is 11.6. The van der Waals surface area contributed by atoms with Crippen LogP contribution in [0.3, 0.4) is 0 Å². The number of nitrogens with one attached hydrogen (secondary N) is 2. The average molecular weight is 242 g/mol. The molecule has 6 heteroatoms. The molecule has 0 aromatic carbocycles. The first-order valence-electron chi connectivity index (χ1n) is 6.13. The predicted octanol–water partition coefficient (Wildman–Crippen LogP) is -0.321. The zero-order chi connectivity index (χ0) is 12.7. The lowest BCUT2D eigenvalue weighted by atomic mass is 9.84. The van der Waals surface area contributed by atoms with Crippen LogP contribution in [-0.2, 0) is 4.79 Å². The normalized spacial score (nSPS) is 24.1. The van der Waals surface area contributed by atoms with Gasteiger partial charge in [0.15, 0.2) is 0 Å². The lowest BCUT2D eigenvalue weighted by Gasteiger charge is -2.26.